The predicted molar refractivity (Wildman–Crippen MR) is 216 cm³/mol. The summed E-state index contributed by atoms with van der Waals surface area (Å²) in [6.07, 6.45) is -2.12. The van der Waals surface area contributed by atoms with Gasteiger partial charge in [-0.3, -0.25) is 9.59 Å². The van der Waals surface area contributed by atoms with Crippen molar-refractivity contribution in [1.29, 1.82) is 0 Å². The van der Waals surface area contributed by atoms with Crippen LogP contribution in [0.3, 0.4) is 0 Å². The van der Waals surface area contributed by atoms with Gasteiger partial charge in [0.2, 0.25) is 0 Å². The molecule has 3 heterocycles. The molecule has 1 unspecified atom stereocenters. The van der Waals surface area contributed by atoms with Gasteiger partial charge in [-0.05, 0) is 94.8 Å². The van der Waals surface area contributed by atoms with Gasteiger partial charge < -0.3 is 63.0 Å². The first-order valence-corrected chi connectivity index (χ1v) is 20.9. The van der Waals surface area contributed by atoms with E-state index in [4.69, 9.17) is 44.3 Å². The Morgan fingerprint density at radius 3 is 2.21 bits per heavy atom. The van der Waals surface area contributed by atoms with Crippen LogP contribution in [0, 0.1) is 30.1 Å². The smallest absolute Gasteiger partial charge is 0.311 e. The monoisotopic (exact) mass is 829 g/mol. The first-order valence-electron chi connectivity index (χ1n) is 20.9. The van der Waals surface area contributed by atoms with Crippen LogP contribution in [0.4, 0.5) is 0 Å². The minimum atomic E-state index is -1.68. The molecule has 0 aromatic carbocycles. The number of aliphatic hydroxyl groups is 3. The third-order valence-electron chi connectivity index (χ3n) is 12.8. The van der Waals surface area contributed by atoms with E-state index in [0.717, 1.165) is 0 Å². The zero-order valence-electron chi connectivity index (χ0n) is 37.8. The zero-order chi connectivity index (χ0) is 44.1. The summed E-state index contributed by atoms with van der Waals surface area (Å²) in [5, 5.41) is 36.0. The quantitative estimate of drug-likeness (QED) is 0.216. The first kappa shape index (κ1) is 50.4. The Balaban J connectivity index is 2.25. The molecule has 3 rings (SSSR count). The van der Waals surface area contributed by atoms with Gasteiger partial charge in [-0.1, -0.05) is 26.7 Å². The fourth-order valence-corrected chi connectivity index (χ4v) is 9.47. The molecule has 0 radical (unpaired) electrons. The maximum absolute atomic E-state index is 14.5. The van der Waals surface area contributed by atoms with Gasteiger partial charge in [0.25, 0.3) is 0 Å². The number of carbonyl (C=O) groups excluding carboxylic acids is 2. The second-order valence-corrected chi connectivity index (χ2v) is 18.2. The van der Waals surface area contributed by atoms with E-state index in [0.29, 0.717) is 13.0 Å². The summed E-state index contributed by atoms with van der Waals surface area (Å²) < 4.78 is 50.4. The van der Waals surface area contributed by atoms with Crippen molar-refractivity contribution < 1.29 is 62.8 Å². The van der Waals surface area contributed by atoms with Crippen LogP contribution < -0.4 is 0 Å². The summed E-state index contributed by atoms with van der Waals surface area (Å²) in [7, 11) is 7.21. The molecule has 0 spiro atoms. The van der Waals surface area contributed by atoms with Gasteiger partial charge in [0.1, 0.15) is 30.5 Å². The first-order chi connectivity index (χ1) is 26.8. The van der Waals surface area contributed by atoms with Crippen LogP contribution in [0.25, 0.3) is 0 Å². The molecule has 0 aliphatic carbocycles. The van der Waals surface area contributed by atoms with Gasteiger partial charge in [-0.15, -0.1) is 6.42 Å². The van der Waals surface area contributed by atoms with E-state index in [2.05, 4.69) is 5.92 Å². The van der Waals surface area contributed by atoms with E-state index < -0.39 is 102 Å². The zero-order valence-corrected chi connectivity index (χ0v) is 37.8. The summed E-state index contributed by atoms with van der Waals surface area (Å²) in [6, 6.07) is -0.678. The fourth-order valence-electron chi connectivity index (χ4n) is 9.47. The Bertz CT molecular complexity index is 1370. The number of nitrogens with zero attached hydrogens (tertiary/aromatic N) is 2. The molecule has 15 heteroatoms. The fraction of sp³-hybridized carbons (Fsp3) is 0.907. The van der Waals surface area contributed by atoms with Crippen molar-refractivity contribution in [2.45, 2.75) is 192 Å². The highest BCUT2D eigenvalue weighted by Gasteiger charge is 2.53. The molecule has 15 nitrogen and oxygen atoms in total. The van der Waals surface area contributed by atoms with Crippen LogP contribution in [-0.4, -0.2) is 169 Å². The maximum Gasteiger partial charge on any atom is 0.311 e. The van der Waals surface area contributed by atoms with Gasteiger partial charge in [0.05, 0.1) is 47.6 Å². The molecule has 3 aliphatic heterocycles. The van der Waals surface area contributed by atoms with Gasteiger partial charge >= 0.3 is 11.9 Å². The van der Waals surface area contributed by atoms with Gasteiger partial charge in [0.15, 0.2) is 18.7 Å². The third-order valence-corrected chi connectivity index (χ3v) is 12.8. The molecule has 0 bridgehead atoms. The Labute approximate surface area is 347 Å². The molecule has 0 aromatic heterocycles. The highest BCUT2D eigenvalue weighted by atomic mass is 16.7. The maximum atomic E-state index is 14.5. The molecule has 18 atom stereocenters. The summed E-state index contributed by atoms with van der Waals surface area (Å²) in [5.74, 6) is -0.649. The van der Waals surface area contributed by atoms with Crippen molar-refractivity contribution >= 4 is 11.9 Å². The van der Waals surface area contributed by atoms with Crippen LogP contribution in [0.1, 0.15) is 102 Å². The van der Waals surface area contributed by atoms with Crippen molar-refractivity contribution in [3.05, 3.63) is 0 Å². The Morgan fingerprint density at radius 1 is 1.02 bits per heavy atom. The van der Waals surface area contributed by atoms with E-state index in [-0.39, 0.29) is 43.9 Å². The van der Waals surface area contributed by atoms with Crippen molar-refractivity contribution in [2.75, 3.05) is 41.4 Å². The van der Waals surface area contributed by atoms with Crippen molar-refractivity contribution in [3.63, 3.8) is 0 Å². The molecule has 3 fully saturated rings. The number of hydrogen-bond acceptors (Lipinski definition) is 15. The Kier molecular flexibility index (Phi) is 18.0. The van der Waals surface area contributed by atoms with Gasteiger partial charge in [-0.25, -0.2) is 0 Å². The number of hydrogen-bond donors (Lipinski definition) is 3. The number of terminal acetylenes is 1. The summed E-state index contributed by atoms with van der Waals surface area (Å²) in [6.45, 7) is 19.7. The van der Waals surface area contributed by atoms with E-state index >= 15 is 0 Å². The standard InChI is InChI=1S/C43H76N2O13/c1-17-19-52-38-28(7)45(15)23-24(3)21-41(10,49)37(58-40-35(55-30(9)46)31(44(13)14)20-25(4)53-40)26(5)34(27(6)39(48)56-32(18-2)43(38,12)50)57-33-22-42(11,51-16)36(47)29(8)54-33/h1,24-29,31-38,40,47,49-50H,18-23H2,2-16H3/t24-,25-,26+,27-,28-,29+,31?,32-,33+,34+,35-,36+,37-,38-,40+,41-,42-,43-/m1/s1. The lowest BCUT2D eigenvalue weighted by molar-refractivity contribution is -0.318. The Morgan fingerprint density at radius 2 is 1.66 bits per heavy atom. The van der Waals surface area contributed by atoms with Crippen LogP contribution in [-0.2, 0) is 47.5 Å². The minimum Gasteiger partial charge on any atom is -0.459 e. The number of methoxy groups -OCH3 is 1. The molecular formula is C43H76N2O13. The average Bonchev–Trinajstić information content (AvgIpc) is 3.12. The van der Waals surface area contributed by atoms with Crippen LogP contribution in [0.2, 0.25) is 0 Å². The van der Waals surface area contributed by atoms with Crippen LogP contribution in [0.5, 0.6) is 0 Å². The van der Waals surface area contributed by atoms with Crippen LogP contribution in [0.15, 0.2) is 0 Å². The van der Waals surface area contributed by atoms with Gasteiger partial charge in [-0.2, -0.15) is 0 Å². The second kappa shape index (κ2) is 20.8. The molecule has 336 valence electrons. The SMILES string of the molecule is C#CCO[C@@H]1[C@@H](C)N(C)C[C@H](C)C[C@@](C)(O)[C@H](O[C@@H]2O[C@H](C)CC(N(C)C)[C@H]2OC(C)=O)[C@@H](C)[C@H](O[C@H]2C[C@@](C)(OC)[C@@H](O)[C@H](C)O2)[C@@H](C)C(=O)O[C@H](CC)[C@@]1(C)O. The lowest BCUT2D eigenvalue weighted by Gasteiger charge is -2.49. The van der Waals surface area contributed by atoms with Crippen molar-refractivity contribution in [3.8, 4) is 12.3 Å². The van der Waals surface area contributed by atoms with Crippen LogP contribution >= 0.6 is 0 Å². The highest BCUT2D eigenvalue weighted by molar-refractivity contribution is 5.73. The molecule has 58 heavy (non-hydrogen) atoms. The molecule has 0 saturated carbocycles. The highest BCUT2D eigenvalue weighted by Crippen LogP contribution is 2.40. The molecule has 3 N–H and O–H groups in total. The number of rotatable bonds is 10. The second-order valence-electron chi connectivity index (χ2n) is 18.2. The molecule has 0 aromatic rings. The molecular weight excluding hydrogens is 752 g/mol. The van der Waals surface area contributed by atoms with Gasteiger partial charge in [0, 0.05) is 39.0 Å². The third kappa shape index (κ3) is 11.9. The van der Waals surface area contributed by atoms with E-state index in [1.807, 2.05) is 65.6 Å². The largest absolute Gasteiger partial charge is 0.459 e. The normalized spacial score (nSPS) is 45.4. The number of esters is 2. The average molecular weight is 829 g/mol. The van der Waals surface area contributed by atoms with Crippen molar-refractivity contribution in [2.24, 2.45) is 17.8 Å². The number of likely N-dealkylation sites (N-methyl/N-ethyl adjacent to an activating group) is 2. The van der Waals surface area contributed by atoms with E-state index in [1.54, 1.807) is 34.6 Å². The van der Waals surface area contributed by atoms with Crippen molar-refractivity contribution in [1.82, 2.24) is 9.80 Å². The molecule has 0 amide bonds. The lowest BCUT2D eigenvalue weighted by Crippen LogP contribution is -2.61. The summed E-state index contributed by atoms with van der Waals surface area (Å²) in [4.78, 5) is 31.1. The summed E-state index contributed by atoms with van der Waals surface area (Å²) in [5.41, 5.74) is -4.32. The minimum absolute atomic E-state index is 0.0731. The number of cyclic esters (lactones) is 1. The topological polar surface area (TPSA) is 175 Å². The molecule has 3 aliphatic rings. The van der Waals surface area contributed by atoms with E-state index in [9.17, 15) is 24.9 Å². The predicted octanol–water partition coefficient (Wildman–Crippen LogP) is 3.13. The number of aliphatic hydroxyl groups excluding tert-OH is 1. The summed E-state index contributed by atoms with van der Waals surface area (Å²) >= 11 is 0. The number of carbonyl (C=O) groups is 2. The number of ether oxygens (including phenoxy) is 8. The van der Waals surface area contributed by atoms with E-state index in [1.165, 1.54) is 14.0 Å². The lowest BCUT2D eigenvalue weighted by atomic mass is 9.77. The Hall–Kier alpha value is -1.94. The molecule has 3 saturated heterocycles.